The molecule has 0 fully saturated rings. The van der Waals surface area contributed by atoms with Crippen molar-refractivity contribution >= 4 is 17.5 Å². The minimum atomic E-state index is -0.583. The van der Waals surface area contributed by atoms with Gasteiger partial charge in [-0.2, -0.15) is 0 Å². The molecule has 0 spiro atoms. The zero-order chi connectivity index (χ0) is 15.9. The Morgan fingerprint density at radius 3 is 2.27 bits per heavy atom. The summed E-state index contributed by atoms with van der Waals surface area (Å²) < 4.78 is 0. The summed E-state index contributed by atoms with van der Waals surface area (Å²) in [5.74, 6) is -0.917. The van der Waals surface area contributed by atoms with Gasteiger partial charge in [0.15, 0.2) is 0 Å². The molecule has 2 aromatic rings. The van der Waals surface area contributed by atoms with Crippen LogP contribution in [-0.2, 0) is 6.54 Å². The van der Waals surface area contributed by atoms with Gasteiger partial charge in [0, 0.05) is 12.1 Å². The Labute approximate surface area is 126 Å². The number of non-ortho nitro benzene ring substituents is 1. The lowest BCUT2D eigenvalue weighted by Crippen LogP contribution is -2.29. The maximum Gasteiger partial charge on any atom is 0.270 e. The zero-order valence-electron chi connectivity index (χ0n) is 11.8. The van der Waals surface area contributed by atoms with Crippen LogP contribution in [0.5, 0.6) is 0 Å². The van der Waals surface area contributed by atoms with Crippen LogP contribution >= 0.6 is 0 Å². The second kappa shape index (κ2) is 5.07. The second-order valence-corrected chi connectivity index (χ2v) is 5.17. The van der Waals surface area contributed by atoms with Crippen LogP contribution in [0.25, 0.3) is 0 Å². The van der Waals surface area contributed by atoms with Crippen LogP contribution in [0.1, 0.15) is 31.8 Å². The first-order valence-corrected chi connectivity index (χ1v) is 6.67. The number of hydrogen-bond donors (Lipinski definition) is 0. The number of nitrogens with zero attached hydrogens (tertiary/aromatic N) is 2. The number of aryl methyl sites for hydroxylation is 1. The third kappa shape index (κ3) is 2.24. The Morgan fingerprint density at radius 1 is 1.00 bits per heavy atom. The van der Waals surface area contributed by atoms with Crippen LogP contribution in [0.4, 0.5) is 5.69 Å². The first-order valence-electron chi connectivity index (χ1n) is 6.67. The highest BCUT2D eigenvalue weighted by Crippen LogP contribution is 2.27. The van der Waals surface area contributed by atoms with Gasteiger partial charge in [-0.05, 0) is 18.6 Å². The summed E-state index contributed by atoms with van der Waals surface area (Å²) in [6.07, 6.45) is 0. The molecule has 0 atom stereocenters. The SMILES string of the molecule is Cc1ccc(CN2C(=O)c3ccc([N+](=O)[O-])cc3C2=O)cc1. The lowest BCUT2D eigenvalue weighted by molar-refractivity contribution is -0.384. The van der Waals surface area contributed by atoms with Crippen molar-refractivity contribution in [1.82, 2.24) is 4.90 Å². The van der Waals surface area contributed by atoms with E-state index in [0.717, 1.165) is 22.1 Å². The number of fused-ring (bicyclic) bond motifs is 1. The lowest BCUT2D eigenvalue weighted by atomic mass is 10.1. The van der Waals surface area contributed by atoms with Gasteiger partial charge in [0.2, 0.25) is 0 Å². The Morgan fingerprint density at radius 2 is 1.64 bits per heavy atom. The van der Waals surface area contributed by atoms with E-state index in [-0.39, 0.29) is 23.4 Å². The standard InChI is InChI=1S/C16H12N2O4/c1-10-2-4-11(5-3-10)9-17-15(19)13-7-6-12(18(21)22)8-14(13)16(17)20/h2-8H,9H2,1H3. The molecular formula is C16H12N2O4. The maximum atomic E-state index is 12.3. The molecule has 1 aliphatic rings. The third-order valence-electron chi connectivity index (χ3n) is 3.63. The van der Waals surface area contributed by atoms with E-state index in [1.54, 1.807) is 0 Å². The van der Waals surface area contributed by atoms with Crippen molar-refractivity contribution in [1.29, 1.82) is 0 Å². The van der Waals surface area contributed by atoms with Crippen molar-refractivity contribution in [2.45, 2.75) is 13.5 Å². The topological polar surface area (TPSA) is 80.5 Å². The van der Waals surface area contributed by atoms with E-state index in [1.165, 1.54) is 12.1 Å². The van der Waals surface area contributed by atoms with Crippen molar-refractivity contribution in [2.24, 2.45) is 0 Å². The fraction of sp³-hybridized carbons (Fsp3) is 0.125. The van der Waals surface area contributed by atoms with Crippen molar-refractivity contribution in [3.05, 3.63) is 74.8 Å². The van der Waals surface area contributed by atoms with E-state index in [1.807, 2.05) is 31.2 Å². The predicted molar refractivity (Wildman–Crippen MR) is 78.5 cm³/mol. The van der Waals surface area contributed by atoms with Crippen LogP contribution in [0, 0.1) is 17.0 Å². The largest absolute Gasteiger partial charge is 0.270 e. The molecule has 0 saturated heterocycles. The molecule has 0 unspecified atom stereocenters. The van der Waals surface area contributed by atoms with Crippen LogP contribution < -0.4 is 0 Å². The molecule has 1 heterocycles. The minimum Gasteiger partial charge on any atom is -0.270 e. The Kier molecular flexibility index (Phi) is 3.21. The van der Waals surface area contributed by atoms with Gasteiger partial charge in [-0.3, -0.25) is 24.6 Å². The van der Waals surface area contributed by atoms with Crippen LogP contribution in [0.3, 0.4) is 0 Å². The number of rotatable bonds is 3. The van der Waals surface area contributed by atoms with Crippen LogP contribution in [0.15, 0.2) is 42.5 Å². The fourth-order valence-corrected chi connectivity index (χ4v) is 2.41. The number of imide groups is 1. The molecule has 0 saturated carbocycles. The number of hydrogen-bond acceptors (Lipinski definition) is 4. The molecule has 6 nitrogen and oxygen atoms in total. The quantitative estimate of drug-likeness (QED) is 0.495. The molecule has 2 amide bonds. The summed E-state index contributed by atoms with van der Waals surface area (Å²) >= 11 is 0. The molecule has 2 aromatic carbocycles. The molecule has 3 rings (SSSR count). The van der Waals surface area contributed by atoms with Crippen LogP contribution in [0.2, 0.25) is 0 Å². The summed E-state index contributed by atoms with van der Waals surface area (Å²) in [7, 11) is 0. The third-order valence-corrected chi connectivity index (χ3v) is 3.63. The van der Waals surface area contributed by atoms with E-state index >= 15 is 0 Å². The minimum absolute atomic E-state index is 0.0892. The highest BCUT2D eigenvalue weighted by atomic mass is 16.6. The monoisotopic (exact) mass is 296 g/mol. The summed E-state index contributed by atoms with van der Waals surface area (Å²) in [5.41, 5.74) is 2.02. The van der Waals surface area contributed by atoms with Gasteiger partial charge in [0.1, 0.15) is 0 Å². The van der Waals surface area contributed by atoms with Crippen molar-refractivity contribution in [2.75, 3.05) is 0 Å². The first-order chi connectivity index (χ1) is 10.5. The highest BCUT2D eigenvalue weighted by Gasteiger charge is 2.36. The fourth-order valence-electron chi connectivity index (χ4n) is 2.41. The average molecular weight is 296 g/mol. The van der Waals surface area contributed by atoms with Crippen LogP contribution in [-0.4, -0.2) is 21.6 Å². The van der Waals surface area contributed by atoms with Gasteiger partial charge in [0.25, 0.3) is 17.5 Å². The molecule has 0 aromatic heterocycles. The summed E-state index contributed by atoms with van der Waals surface area (Å²) in [6.45, 7) is 2.10. The van der Waals surface area contributed by atoms with E-state index in [0.29, 0.717) is 0 Å². The van der Waals surface area contributed by atoms with Crippen molar-refractivity contribution in [3.63, 3.8) is 0 Å². The number of nitro groups is 1. The number of carbonyl (C=O) groups excluding carboxylic acids is 2. The normalized spacial score (nSPS) is 13.4. The lowest BCUT2D eigenvalue weighted by Gasteiger charge is -2.13. The number of nitro benzene ring substituents is 1. The number of amides is 2. The van der Waals surface area contributed by atoms with Gasteiger partial charge in [-0.1, -0.05) is 29.8 Å². The predicted octanol–water partition coefficient (Wildman–Crippen LogP) is 2.70. The first kappa shape index (κ1) is 13.9. The Balaban J connectivity index is 1.92. The van der Waals surface area contributed by atoms with Crippen molar-refractivity contribution in [3.8, 4) is 0 Å². The number of benzene rings is 2. The van der Waals surface area contributed by atoms with Gasteiger partial charge in [-0.25, -0.2) is 0 Å². The van der Waals surface area contributed by atoms with Gasteiger partial charge in [-0.15, -0.1) is 0 Å². The van der Waals surface area contributed by atoms with Gasteiger partial charge in [0.05, 0.1) is 22.6 Å². The average Bonchev–Trinajstić information content (AvgIpc) is 2.74. The van der Waals surface area contributed by atoms with Crippen molar-refractivity contribution < 1.29 is 14.5 Å². The van der Waals surface area contributed by atoms with Gasteiger partial charge < -0.3 is 0 Å². The molecule has 22 heavy (non-hydrogen) atoms. The second-order valence-electron chi connectivity index (χ2n) is 5.17. The summed E-state index contributed by atoms with van der Waals surface area (Å²) in [5, 5.41) is 10.8. The molecular weight excluding hydrogens is 284 g/mol. The molecule has 110 valence electrons. The summed E-state index contributed by atoms with van der Waals surface area (Å²) in [6, 6.07) is 11.2. The maximum absolute atomic E-state index is 12.3. The summed E-state index contributed by atoms with van der Waals surface area (Å²) in [4.78, 5) is 35.9. The van der Waals surface area contributed by atoms with Gasteiger partial charge >= 0.3 is 0 Å². The molecule has 0 bridgehead atoms. The molecule has 0 N–H and O–H groups in total. The molecule has 1 aliphatic heterocycles. The van der Waals surface area contributed by atoms with E-state index in [4.69, 9.17) is 0 Å². The molecule has 0 aliphatic carbocycles. The highest BCUT2D eigenvalue weighted by molar-refractivity contribution is 6.21. The molecule has 6 heteroatoms. The van der Waals surface area contributed by atoms with E-state index in [2.05, 4.69) is 0 Å². The molecule has 0 radical (unpaired) electrons. The number of carbonyl (C=O) groups is 2. The van der Waals surface area contributed by atoms with E-state index < -0.39 is 16.7 Å². The smallest absolute Gasteiger partial charge is 0.270 e. The zero-order valence-corrected chi connectivity index (χ0v) is 11.8. The Hall–Kier alpha value is -3.02. The van der Waals surface area contributed by atoms with E-state index in [9.17, 15) is 19.7 Å². The Bertz CT molecular complexity index is 796.